The number of benzene rings is 3. The molecule has 0 atom stereocenters. The zero-order chi connectivity index (χ0) is 23.2. The third kappa shape index (κ3) is 5.03. The maximum absolute atomic E-state index is 12.3. The molecule has 4 aromatic rings. The van der Waals surface area contributed by atoms with Gasteiger partial charge in [0.2, 0.25) is 0 Å². The first-order valence-electron chi connectivity index (χ1n) is 11.5. The molecule has 1 aromatic heterocycles. The normalized spacial score (nSPS) is 10.9. The van der Waals surface area contributed by atoms with Crippen LogP contribution in [-0.4, -0.2) is 24.3 Å². The summed E-state index contributed by atoms with van der Waals surface area (Å²) in [7, 11) is 1.69. The van der Waals surface area contributed by atoms with Crippen LogP contribution in [0.1, 0.15) is 30.9 Å². The molecule has 3 aromatic carbocycles. The average Bonchev–Trinajstić information content (AvgIpc) is 3.10. The highest BCUT2D eigenvalue weighted by atomic mass is 16.5. The molecule has 0 saturated heterocycles. The van der Waals surface area contributed by atoms with Gasteiger partial charge in [0.15, 0.2) is 0 Å². The van der Waals surface area contributed by atoms with Crippen molar-refractivity contribution in [2.75, 3.05) is 19.0 Å². The van der Waals surface area contributed by atoms with Crippen molar-refractivity contribution in [1.29, 1.82) is 0 Å². The van der Waals surface area contributed by atoms with Gasteiger partial charge in [-0.25, -0.2) is 4.79 Å². The van der Waals surface area contributed by atoms with E-state index in [1.165, 1.54) is 16.5 Å². The van der Waals surface area contributed by atoms with E-state index in [9.17, 15) is 4.79 Å². The Bertz CT molecular complexity index is 1240. The lowest BCUT2D eigenvalue weighted by atomic mass is 10.1. The van der Waals surface area contributed by atoms with Crippen molar-refractivity contribution in [2.45, 2.75) is 33.2 Å². The number of anilines is 1. The van der Waals surface area contributed by atoms with Crippen LogP contribution in [0.5, 0.6) is 5.75 Å². The molecule has 0 saturated carbocycles. The molecule has 2 N–H and O–H groups in total. The van der Waals surface area contributed by atoms with Crippen molar-refractivity contribution in [3.63, 3.8) is 0 Å². The maximum Gasteiger partial charge on any atom is 0.319 e. The Kier molecular flexibility index (Phi) is 6.98. The molecule has 4 rings (SSSR count). The van der Waals surface area contributed by atoms with E-state index in [0.29, 0.717) is 6.54 Å². The third-order valence-electron chi connectivity index (χ3n) is 5.92. The Labute approximate surface area is 195 Å². The molecule has 33 heavy (non-hydrogen) atoms. The number of urea groups is 1. The van der Waals surface area contributed by atoms with E-state index in [-0.39, 0.29) is 6.03 Å². The van der Waals surface area contributed by atoms with E-state index in [2.05, 4.69) is 71.5 Å². The summed E-state index contributed by atoms with van der Waals surface area (Å²) >= 11 is 0. The van der Waals surface area contributed by atoms with E-state index in [0.717, 1.165) is 47.6 Å². The Morgan fingerprint density at radius 1 is 1.00 bits per heavy atom. The number of hydrogen-bond acceptors (Lipinski definition) is 2. The lowest BCUT2D eigenvalue weighted by molar-refractivity contribution is 0.252. The second-order valence-electron chi connectivity index (χ2n) is 8.24. The molecule has 0 aliphatic carbocycles. The van der Waals surface area contributed by atoms with Crippen LogP contribution in [0.25, 0.3) is 22.2 Å². The summed E-state index contributed by atoms with van der Waals surface area (Å²) in [5.74, 6) is 0.833. The molecule has 0 aliphatic heterocycles. The molecular formula is C28H31N3O2. The van der Waals surface area contributed by atoms with Gasteiger partial charge in [0.25, 0.3) is 0 Å². The molecular weight excluding hydrogens is 410 g/mol. The third-order valence-corrected chi connectivity index (χ3v) is 5.92. The Morgan fingerprint density at radius 2 is 1.82 bits per heavy atom. The molecule has 0 radical (unpaired) electrons. The zero-order valence-corrected chi connectivity index (χ0v) is 19.5. The van der Waals surface area contributed by atoms with Gasteiger partial charge in [-0.15, -0.1) is 0 Å². The first-order valence-corrected chi connectivity index (χ1v) is 11.5. The zero-order valence-electron chi connectivity index (χ0n) is 19.5. The van der Waals surface area contributed by atoms with Gasteiger partial charge in [-0.3, -0.25) is 0 Å². The van der Waals surface area contributed by atoms with Gasteiger partial charge in [-0.05, 0) is 48.7 Å². The molecule has 2 amide bonds. The Morgan fingerprint density at radius 3 is 2.58 bits per heavy atom. The van der Waals surface area contributed by atoms with Gasteiger partial charge in [0.1, 0.15) is 5.75 Å². The summed E-state index contributed by atoms with van der Waals surface area (Å²) in [6.07, 6.45) is 2.02. The van der Waals surface area contributed by atoms with Crippen LogP contribution < -0.4 is 15.4 Å². The van der Waals surface area contributed by atoms with Gasteiger partial charge >= 0.3 is 6.03 Å². The number of nitrogens with zero attached hydrogens (tertiary/aromatic N) is 1. The summed E-state index contributed by atoms with van der Waals surface area (Å²) in [6.45, 7) is 5.68. The number of ether oxygens (including phenoxy) is 1. The molecule has 0 fully saturated rings. The van der Waals surface area contributed by atoms with Crippen LogP contribution in [0, 0.1) is 6.92 Å². The molecule has 0 aliphatic rings. The van der Waals surface area contributed by atoms with E-state index >= 15 is 0 Å². The van der Waals surface area contributed by atoms with Crippen LogP contribution in [0.2, 0.25) is 0 Å². The van der Waals surface area contributed by atoms with Crippen molar-refractivity contribution in [3.05, 3.63) is 83.9 Å². The van der Waals surface area contributed by atoms with Gasteiger partial charge in [0, 0.05) is 35.8 Å². The molecule has 1 heterocycles. The van der Waals surface area contributed by atoms with Gasteiger partial charge in [0.05, 0.1) is 18.3 Å². The number of hydrogen-bond donors (Lipinski definition) is 2. The minimum atomic E-state index is -0.174. The topological polar surface area (TPSA) is 55.3 Å². The average molecular weight is 442 g/mol. The number of rotatable bonds is 8. The molecule has 0 spiro atoms. The predicted octanol–water partition coefficient (Wildman–Crippen LogP) is 6.60. The minimum absolute atomic E-state index is 0.174. The SMILES string of the molecule is CCCCNC(=O)Nc1cccc(-c2c(C)c3ccc(OC)cc3n2Cc2ccccc2)c1. The van der Waals surface area contributed by atoms with Crippen LogP contribution in [0.3, 0.4) is 0 Å². The van der Waals surface area contributed by atoms with E-state index in [1.807, 2.05) is 30.3 Å². The maximum atomic E-state index is 12.3. The summed E-state index contributed by atoms with van der Waals surface area (Å²) in [5.41, 5.74) is 6.52. The Balaban J connectivity index is 1.76. The number of fused-ring (bicyclic) bond motifs is 1. The van der Waals surface area contributed by atoms with E-state index in [1.54, 1.807) is 7.11 Å². The Hall–Kier alpha value is -3.73. The summed E-state index contributed by atoms with van der Waals surface area (Å²) in [4.78, 5) is 12.3. The van der Waals surface area contributed by atoms with Crippen molar-refractivity contribution in [2.24, 2.45) is 0 Å². The van der Waals surface area contributed by atoms with Crippen LogP contribution in [0.4, 0.5) is 10.5 Å². The highest BCUT2D eigenvalue weighted by Gasteiger charge is 2.17. The highest BCUT2D eigenvalue weighted by Crippen LogP contribution is 2.36. The smallest absolute Gasteiger partial charge is 0.319 e. The van der Waals surface area contributed by atoms with Gasteiger partial charge < -0.3 is 19.9 Å². The number of nitrogens with one attached hydrogen (secondary N) is 2. The van der Waals surface area contributed by atoms with Gasteiger partial charge in [-0.2, -0.15) is 0 Å². The highest BCUT2D eigenvalue weighted by molar-refractivity contribution is 5.94. The first-order chi connectivity index (χ1) is 16.1. The second-order valence-corrected chi connectivity index (χ2v) is 8.24. The van der Waals surface area contributed by atoms with E-state index < -0.39 is 0 Å². The van der Waals surface area contributed by atoms with Crippen molar-refractivity contribution in [1.82, 2.24) is 9.88 Å². The minimum Gasteiger partial charge on any atom is -0.497 e. The van der Waals surface area contributed by atoms with Crippen molar-refractivity contribution >= 4 is 22.6 Å². The molecule has 170 valence electrons. The fourth-order valence-electron chi connectivity index (χ4n) is 4.23. The quantitative estimate of drug-likeness (QED) is 0.303. The van der Waals surface area contributed by atoms with Crippen molar-refractivity contribution in [3.8, 4) is 17.0 Å². The fourth-order valence-corrected chi connectivity index (χ4v) is 4.23. The first kappa shape index (κ1) is 22.5. The number of carbonyl (C=O) groups excluding carboxylic acids is 1. The molecule has 5 nitrogen and oxygen atoms in total. The predicted molar refractivity (Wildman–Crippen MR) is 136 cm³/mol. The van der Waals surface area contributed by atoms with Crippen LogP contribution in [-0.2, 0) is 6.54 Å². The monoisotopic (exact) mass is 441 g/mol. The number of methoxy groups -OCH3 is 1. The molecule has 0 bridgehead atoms. The lowest BCUT2D eigenvalue weighted by Gasteiger charge is -2.14. The number of aryl methyl sites for hydroxylation is 1. The molecule has 5 heteroatoms. The second kappa shape index (κ2) is 10.3. The van der Waals surface area contributed by atoms with Gasteiger partial charge in [-0.1, -0.05) is 55.8 Å². The van der Waals surface area contributed by atoms with E-state index in [4.69, 9.17) is 4.74 Å². The standard InChI is InChI=1S/C28H31N3O2/c1-4-5-16-29-28(32)30-23-13-9-12-22(17-23)27-20(2)25-15-14-24(33-3)18-26(25)31(27)19-21-10-7-6-8-11-21/h6-15,17-18H,4-5,16,19H2,1-3H3,(H2,29,30,32). The summed E-state index contributed by atoms with van der Waals surface area (Å²) in [5, 5.41) is 7.08. The summed E-state index contributed by atoms with van der Waals surface area (Å²) < 4.78 is 7.85. The lowest BCUT2D eigenvalue weighted by Crippen LogP contribution is -2.29. The number of unbranched alkanes of at least 4 members (excludes halogenated alkanes) is 1. The number of aromatic nitrogens is 1. The fraction of sp³-hybridized carbons (Fsp3) is 0.250. The van der Waals surface area contributed by atoms with Crippen molar-refractivity contribution < 1.29 is 9.53 Å². The summed E-state index contributed by atoms with van der Waals surface area (Å²) in [6, 6.07) is 24.5. The number of amides is 2. The molecule has 0 unspecified atom stereocenters. The van der Waals surface area contributed by atoms with Crippen LogP contribution >= 0.6 is 0 Å². The largest absolute Gasteiger partial charge is 0.497 e. The van der Waals surface area contributed by atoms with Crippen LogP contribution in [0.15, 0.2) is 72.8 Å². The number of carbonyl (C=O) groups is 1.